The first-order valence-corrected chi connectivity index (χ1v) is 7.92. The molecule has 1 atom stereocenters. The van der Waals surface area contributed by atoms with Crippen LogP contribution in [0, 0.1) is 13.8 Å². The SMILES string of the molecule is Cc1cc(C)n([C@H](C)CNc2nc(N)nc3ccc(C(=O)O)cc23)n1. The van der Waals surface area contributed by atoms with Gasteiger partial charge in [0.15, 0.2) is 0 Å². The van der Waals surface area contributed by atoms with Gasteiger partial charge in [-0.15, -0.1) is 0 Å². The minimum Gasteiger partial charge on any atom is -0.478 e. The molecule has 2 aromatic heterocycles. The fourth-order valence-electron chi connectivity index (χ4n) is 2.84. The van der Waals surface area contributed by atoms with Crippen LogP contribution in [-0.2, 0) is 0 Å². The first-order chi connectivity index (χ1) is 11.8. The van der Waals surface area contributed by atoms with Crippen molar-refractivity contribution in [2.75, 3.05) is 17.6 Å². The van der Waals surface area contributed by atoms with Crippen molar-refractivity contribution >= 4 is 28.6 Å². The van der Waals surface area contributed by atoms with Crippen molar-refractivity contribution in [3.8, 4) is 0 Å². The Morgan fingerprint density at radius 1 is 1.32 bits per heavy atom. The Hall–Kier alpha value is -3.16. The van der Waals surface area contributed by atoms with E-state index in [-0.39, 0.29) is 17.6 Å². The summed E-state index contributed by atoms with van der Waals surface area (Å²) in [6, 6.07) is 6.79. The molecule has 0 aliphatic rings. The number of benzene rings is 1. The Bertz CT molecular complexity index is 950. The van der Waals surface area contributed by atoms with Crippen molar-refractivity contribution in [1.82, 2.24) is 19.7 Å². The van der Waals surface area contributed by atoms with E-state index in [0.29, 0.717) is 23.3 Å². The Morgan fingerprint density at radius 3 is 2.72 bits per heavy atom. The second kappa shape index (κ2) is 6.39. The van der Waals surface area contributed by atoms with Gasteiger partial charge in [0.25, 0.3) is 0 Å². The minimum absolute atomic E-state index is 0.0857. The van der Waals surface area contributed by atoms with Crippen molar-refractivity contribution in [1.29, 1.82) is 0 Å². The number of anilines is 2. The molecule has 0 radical (unpaired) electrons. The zero-order chi connectivity index (χ0) is 18.1. The van der Waals surface area contributed by atoms with Gasteiger partial charge in [0.2, 0.25) is 5.95 Å². The molecule has 0 saturated carbocycles. The molecule has 0 aliphatic carbocycles. The number of fused-ring (bicyclic) bond motifs is 1. The van der Waals surface area contributed by atoms with Crippen LogP contribution in [0.2, 0.25) is 0 Å². The number of nitrogens with one attached hydrogen (secondary N) is 1. The lowest BCUT2D eigenvalue weighted by Gasteiger charge is -2.16. The predicted molar refractivity (Wildman–Crippen MR) is 95.8 cm³/mol. The molecule has 0 amide bonds. The third-order valence-corrected chi connectivity index (χ3v) is 3.99. The number of rotatable bonds is 5. The number of carbonyl (C=O) groups is 1. The van der Waals surface area contributed by atoms with Crippen molar-refractivity contribution in [3.05, 3.63) is 41.2 Å². The van der Waals surface area contributed by atoms with E-state index in [4.69, 9.17) is 5.73 Å². The molecule has 3 rings (SSSR count). The van der Waals surface area contributed by atoms with Crippen LogP contribution in [0.15, 0.2) is 24.3 Å². The first-order valence-electron chi connectivity index (χ1n) is 7.92. The Morgan fingerprint density at radius 2 is 2.08 bits per heavy atom. The number of aromatic carboxylic acids is 1. The predicted octanol–water partition coefficient (Wildman–Crippen LogP) is 2.40. The molecule has 0 fully saturated rings. The summed E-state index contributed by atoms with van der Waals surface area (Å²) in [4.78, 5) is 19.6. The molecule has 8 nitrogen and oxygen atoms in total. The molecule has 1 aromatic carbocycles. The highest BCUT2D eigenvalue weighted by Gasteiger charge is 2.13. The monoisotopic (exact) mass is 340 g/mol. The quantitative estimate of drug-likeness (QED) is 0.652. The molecule has 0 bridgehead atoms. The lowest BCUT2D eigenvalue weighted by Crippen LogP contribution is -2.19. The molecule has 0 spiro atoms. The van der Waals surface area contributed by atoms with Gasteiger partial charge in [0.05, 0.1) is 22.8 Å². The van der Waals surface area contributed by atoms with Gasteiger partial charge < -0.3 is 16.2 Å². The largest absolute Gasteiger partial charge is 0.478 e. The van der Waals surface area contributed by atoms with E-state index >= 15 is 0 Å². The highest BCUT2D eigenvalue weighted by Crippen LogP contribution is 2.23. The van der Waals surface area contributed by atoms with Crippen LogP contribution in [0.25, 0.3) is 10.9 Å². The van der Waals surface area contributed by atoms with Gasteiger partial charge in [0.1, 0.15) is 5.82 Å². The number of nitrogens with zero attached hydrogens (tertiary/aromatic N) is 4. The number of carboxylic acids is 1. The van der Waals surface area contributed by atoms with Gasteiger partial charge in [-0.25, -0.2) is 9.78 Å². The van der Waals surface area contributed by atoms with Gasteiger partial charge in [-0.2, -0.15) is 10.1 Å². The minimum atomic E-state index is -0.999. The third-order valence-electron chi connectivity index (χ3n) is 3.99. The van der Waals surface area contributed by atoms with Gasteiger partial charge >= 0.3 is 5.97 Å². The smallest absolute Gasteiger partial charge is 0.335 e. The van der Waals surface area contributed by atoms with Gasteiger partial charge in [-0.1, -0.05) is 0 Å². The lowest BCUT2D eigenvalue weighted by atomic mass is 10.1. The molecule has 25 heavy (non-hydrogen) atoms. The number of hydrogen-bond acceptors (Lipinski definition) is 6. The van der Waals surface area contributed by atoms with Gasteiger partial charge in [0, 0.05) is 17.6 Å². The van der Waals surface area contributed by atoms with Crippen molar-refractivity contribution < 1.29 is 9.90 Å². The molecule has 0 saturated heterocycles. The standard InChI is InChI=1S/C17H20N6O2/c1-9-6-10(2)23(22-9)11(3)8-19-15-13-7-12(16(24)25)4-5-14(13)20-17(18)21-15/h4-7,11H,8H2,1-3H3,(H,24,25)(H3,18,19,20,21)/t11-/m1/s1. The van der Waals surface area contributed by atoms with Crippen LogP contribution in [0.5, 0.6) is 0 Å². The fourth-order valence-corrected chi connectivity index (χ4v) is 2.84. The average molecular weight is 340 g/mol. The van der Waals surface area contributed by atoms with E-state index in [2.05, 4.69) is 20.4 Å². The summed E-state index contributed by atoms with van der Waals surface area (Å²) in [5, 5.41) is 17.5. The van der Waals surface area contributed by atoms with Crippen LogP contribution >= 0.6 is 0 Å². The summed E-state index contributed by atoms with van der Waals surface area (Å²) >= 11 is 0. The number of aryl methyl sites for hydroxylation is 2. The maximum atomic E-state index is 11.2. The Kier molecular flexibility index (Phi) is 4.26. The fraction of sp³-hybridized carbons (Fsp3) is 0.294. The summed E-state index contributed by atoms with van der Waals surface area (Å²) in [5.41, 5.74) is 8.58. The van der Waals surface area contributed by atoms with E-state index in [1.807, 2.05) is 31.5 Å². The zero-order valence-electron chi connectivity index (χ0n) is 14.3. The third kappa shape index (κ3) is 3.37. The maximum absolute atomic E-state index is 11.2. The molecule has 0 aliphatic heterocycles. The van der Waals surface area contributed by atoms with E-state index in [0.717, 1.165) is 11.4 Å². The average Bonchev–Trinajstić information content (AvgIpc) is 2.90. The Balaban J connectivity index is 1.90. The highest BCUT2D eigenvalue weighted by molar-refractivity contribution is 5.97. The lowest BCUT2D eigenvalue weighted by molar-refractivity contribution is 0.0697. The zero-order valence-corrected chi connectivity index (χ0v) is 14.3. The Labute approximate surface area is 144 Å². The van der Waals surface area contributed by atoms with Crippen molar-refractivity contribution in [2.24, 2.45) is 0 Å². The van der Waals surface area contributed by atoms with E-state index in [9.17, 15) is 9.90 Å². The molecular formula is C17H20N6O2. The second-order valence-corrected chi connectivity index (χ2v) is 6.07. The first kappa shape index (κ1) is 16.7. The van der Waals surface area contributed by atoms with E-state index in [1.165, 1.54) is 6.07 Å². The summed E-state index contributed by atoms with van der Waals surface area (Å²) in [5.74, 6) is -0.350. The summed E-state index contributed by atoms with van der Waals surface area (Å²) in [6.45, 7) is 6.57. The van der Waals surface area contributed by atoms with Crippen LogP contribution in [-0.4, -0.2) is 37.4 Å². The molecular weight excluding hydrogens is 320 g/mol. The molecule has 3 aromatic rings. The van der Waals surface area contributed by atoms with E-state index in [1.54, 1.807) is 12.1 Å². The van der Waals surface area contributed by atoms with Gasteiger partial charge in [-0.3, -0.25) is 4.68 Å². The number of nitrogen functional groups attached to an aromatic ring is 1. The molecule has 0 unspecified atom stereocenters. The molecule has 2 heterocycles. The topological polar surface area (TPSA) is 119 Å². The van der Waals surface area contributed by atoms with Crippen LogP contribution in [0.3, 0.4) is 0 Å². The summed E-state index contributed by atoms with van der Waals surface area (Å²) < 4.78 is 1.94. The summed E-state index contributed by atoms with van der Waals surface area (Å²) in [6.07, 6.45) is 0. The number of aromatic nitrogens is 4. The summed E-state index contributed by atoms with van der Waals surface area (Å²) in [7, 11) is 0. The van der Waals surface area contributed by atoms with Crippen LogP contribution in [0.4, 0.5) is 11.8 Å². The number of nitrogens with two attached hydrogens (primary N) is 1. The van der Waals surface area contributed by atoms with Gasteiger partial charge in [-0.05, 0) is 45.0 Å². The highest BCUT2D eigenvalue weighted by atomic mass is 16.4. The van der Waals surface area contributed by atoms with Crippen molar-refractivity contribution in [3.63, 3.8) is 0 Å². The van der Waals surface area contributed by atoms with Crippen LogP contribution < -0.4 is 11.1 Å². The number of carboxylic acid groups (broad SMARTS) is 1. The molecule has 4 N–H and O–H groups in total. The second-order valence-electron chi connectivity index (χ2n) is 6.07. The molecule has 8 heteroatoms. The normalized spacial score (nSPS) is 12.3. The molecule has 130 valence electrons. The van der Waals surface area contributed by atoms with E-state index < -0.39 is 5.97 Å². The van der Waals surface area contributed by atoms with Crippen molar-refractivity contribution in [2.45, 2.75) is 26.8 Å². The maximum Gasteiger partial charge on any atom is 0.335 e. The van der Waals surface area contributed by atoms with Crippen LogP contribution in [0.1, 0.15) is 34.7 Å². The number of hydrogen-bond donors (Lipinski definition) is 3.